The van der Waals surface area contributed by atoms with E-state index in [1.165, 1.54) is 12.8 Å². The van der Waals surface area contributed by atoms with Crippen molar-refractivity contribution >= 4 is 0 Å². The highest BCUT2D eigenvalue weighted by Gasteiger charge is 2.57. The van der Waals surface area contributed by atoms with Crippen molar-refractivity contribution in [3.05, 3.63) is 0 Å². The van der Waals surface area contributed by atoms with E-state index < -0.39 is 0 Å². The van der Waals surface area contributed by atoms with Crippen molar-refractivity contribution in [1.29, 1.82) is 0 Å². The smallest absolute Gasteiger partial charge is 0.0606 e. The maximum Gasteiger partial charge on any atom is 0.0606 e. The van der Waals surface area contributed by atoms with E-state index in [4.69, 9.17) is 0 Å². The lowest BCUT2D eigenvalue weighted by molar-refractivity contribution is -0.181. The molecule has 72 valence electrons. The molecular formula is C11H22O. The Hall–Kier alpha value is -0.0400. The zero-order chi connectivity index (χ0) is 9.41. The van der Waals surface area contributed by atoms with Crippen LogP contribution in [0, 0.1) is 10.8 Å². The number of hydrogen-bond donors (Lipinski definition) is 1. The lowest BCUT2D eigenvalue weighted by atomic mass is 9.46. The molecule has 0 heterocycles. The van der Waals surface area contributed by atoms with E-state index in [1.807, 2.05) is 0 Å². The summed E-state index contributed by atoms with van der Waals surface area (Å²) in [6.07, 6.45) is 4.43. The van der Waals surface area contributed by atoms with Crippen LogP contribution < -0.4 is 0 Å². The second kappa shape index (κ2) is 3.02. The van der Waals surface area contributed by atoms with Crippen LogP contribution in [-0.4, -0.2) is 11.2 Å². The maximum absolute atomic E-state index is 9.82. The third-order valence-electron chi connectivity index (χ3n) is 4.02. The number of aliphatic hydroxyl groups excluding tert-OH is 1. The molecule has 1 fully saturated rings. The van der Waals surface area contributed by atoms with E-state index >= 15 is 0 Å². The van der Waals surface area contributed by atoms with E-state index in [1.54, 1.807) is 0 Å². The molecule has 1 heteroatoms. The van der Waals surface area contributed by atoms with Gasteiger partial charge in [0.2, 0.25) is 0 Å². The van der Waals surface area contributed by atoms with E-state index in [0.29, 0.717) is 5.41 Å². The molecule has 2 unspecified atom stereocenters. The van der Waals surface area contributed by atoms with Gasteiger partial charge in [-0.3, -0.25) is 0 Å². The van der Waals surface area contributed by atoms with Crippen LogP contribution in [0.25, 0.3) is 0 Å². The van der Waals surface area contributed by atoms with Crippen LogP contribution in [0.4, 0.5) is 0 Å². The summed E-state index contributed by atoms with van der Waals surface area (Å²) < 4.78 is 0. The normalized spacial score (nSPS) is 39.2. The largest absolute Gasteiger partial charge is 0.393 e. The molecule has 0 aliphatic heterocycles. The first-order chi connectivity index (χ1) is 5.50. The van der Waals surface area contributed by atoms with Crippen molar-refractivity contribution in [2.75, 3.05) is 0 Å². The average molecular weight is 170 g/mol. The fourth-order valence-electron chi connectivity index (χ4n) is 3.04. The zero-order valence-electron chi connectivity index (χ0n) is 8.85. The van der Waals surface area contributed by atoms with Crippen LogP contribution in [0.2, 0.25) is 0 Å². The molecule has 0 aromatic heterocycles. The van der Waals surface area contributed by atoms with E-state index in [2.05, 4.69) is 27.7 Å². The van der Waals surface area contributed by atoms with E-state index in [0.717, 1.165) is 12.8 Å². The lowest BCUT2D eigenvalue weighted by Gasteiger charge is -2.60. The second-order valence-corrected chi connectivity index (χ2v) is 4.86. The van der Waals surface area contributed by atoms with Crippen molar-refractivity contribution in [3.63, 3.8) is 0 Å². The Bertz CT molecular complexity index is 162. The Morgan fingerprint density at radius 1 is 1.33 bits per heavy atom. The number of rotatable bonds is 3. The summed E-state index contributed by atoms with van der Waals surface area (Å²) >= 11 is 0. The van der Waals surface area contributed by atoms with Gasteiger partial charge in [-0.2, -0.15) is 0 Å². The molecule has 1 rings (SSSR count). The molecular weight excluding hydrogens is 148 g/mol. The standard InChI is InChI=1S/C11H22O/c1-5-7-11(6-2)9(12)8-10(11,3)4/h9,12H,5-8H2,1-4H3. The van der Waals surface area contributed by atoms with Gasteiger partial charge >= 0.3 is 0 Å². The molecule has 1 nitrogen and oxygen atoms in total. The molecule has 2 atom stereocenters. The van der Waals surface area contributed by atoms with Gasteiger partial charge in [-0.25, -0.2) is 0 Å². The molecule has 0 bridgehead atoms. The minimum atomic E-state index is -0.0440. The molecule has 1 aliphatic carbocycles. The Labute approximate surface area is 76.2 Å². The fourth-order valence-corrected chi connectivity index (χ4v) is 3.04. The first-order valence-electron chi connectivity index (χ1n) is 5.18. The highest BCUT2D eigenvalue weighted by Crippen LogP contribution is 2.60. The molecule has 1 N–H and O–H groups in total. The Morgan fingerprint density at radius 3 is 2.08 bits per heavy atom. The van der Waals surface area contributed by atoms with Crippen molar-refractivity contribution in [1.82, 2.24) is 0 Å². The molecule has 1 saturated carbocycles. The van der Waals surface area contributed by atoms with Crippen LogP contribution in [-0.2, 0) is 0 Å². The van der Waals surface area contributed by atoms with Gasteiger partial charge < -0.3 is 5.11 Å². The SMILES string of the molecule is CCCC1(CC)C(O)CC1(C)C. The molecule has 12 heavy (non-hydrogen) atoms. The van der Waals surface area contributed by atoms with Gasteiger partial charge in [-0.1, -0.05) is 34.1 Å². The van der Waals surface area contributed by atoms with Gasteiger partial charge in [0.1, 0.15) is 0 Å². The van der Waals surface area contributed by atoms with Gasteiger partial charge in [0.05, 0.1) is 6.10 Å². The van der Waals surface area contributed by atoms with Crippen molar-refractivity contribution in [2.45, 2.75) is 59.5 Å². The first kappa shape index (κ1) is 10.0. The van der Waals surface area contributed by atoms with E-state index in [9.17, 15) is 5.11 Å². The maximum atomic E-state index is 9.82. The van der Waals surface area contributed by atoms with Crippen LogP contribution in [0.15, 0.2) is 0 Å². The van der Waals surface area contributed by atoms with Crippen molar-refractivity contribution < 1.29 is 5.11 Å². The summed E-state index contributed by atoms with van der Waals surface area (Å²) in [6, 6.07) is 0. The van der Waals surface area contributed by atoms with Crippen LogP contribution >= 0.6 is 0 Å². The van der Waals surface area contributed by atoms with Gasteiger partial charge in [0.15, 0.2) is 0 Å². The zero-order valence-corrected chi connectivity index (χ0v) is 8.85. The third-order valence-corrected chi connectivity index (χ3v) is 4.02. The number of aliphatic hydroxyl groups is 1. The van der Waals surface area contributed by atoms with Crippen molar-refractivity contribution in [3.8, 4) is 0 Å². The van der Waals surface area contributed by atoms with Crippen LogP contribution in [0.5, 0.6) is 0 Å². The molecule has 0 aromatic carbocycles. The topological polar surface area (TPSA) is 20.2 Å². The molecule has 0 spiro atoms. The summed E-state index contributed by atoms with van der Waals surface area (Å²) in [5.74, 6) is 0. The molecule has 1 aliphatic rings. The Morgan fingerprint density at radius 2 is 1.92 bits per heavy atom. The predicted molar refractivity (Wildman–Crippen MR) is 52.0 cm³/mol. The summed E-state index contributed by atoms with van der Waals surface area (Å²) in [4.78, 5) is 0. The summed E-state index contributed by atoms with van der Waals surface area (Å²) in [5, 5.41) is 9.82. The first-order valence-corrected chi connectivity index (χ1v) is 5.18. The second-order valence-electron chi connectivity index (χ2n) is 4.86. The lowest BCUT2D eigenvalue weighted by Crippen LogP contribution is -2.58. The summed E-state index contributed by atoms with van der Waals surface area (Å²) in [7, 11) is 0. The van der Waals surface area contributed by atoms with Crippen molar-refractivity contribution in [2.24, 2.45) is 10.8 Å². The molecule has 0 saturated heterocycles. The van der Waals surface area contributed by atoms with Crippen LogP contribution in [0.3, 0.4) is 0 Å². The van der Waals surface area contributed by atoms with Gasteiger partial charge in [0, 0.05) is 5.41 Å². The fraction of sp³-hybridized carbons (Fsp3) is 1.00. The van der Waals surface area contributed by atoms with Gasteiger partial charge in [-0.05, 0) is 24.7 Å². The monoisotopic (exact) mass is 170 g/mol. The highest BCUT2D eigenvalue weighted by molar-refractivity contribution is 5.07. The van der Waals surface area contributed by atoms with E-state index in [-0.39, 0.29) is 11.5 Å². The summed E-state index contributed by atoms with van der Waals surface area (Å²) in [6.45, 7) is 9.00. The molecule has 0 amide bonds. The predicted octanol–water partition coefficient (Wildman–Crippen LogP) is 2.97. The van der Waals surface area contributed by atoms with Crippen LogP contribution in [0.1, 0.15) is 53.4 Å². The summed E-state index contributed by atoms with van der Waals surface area (Å²) in [5.41, 5.74) is 0.582. The quantitative estimate of drug-likeness (QED) is 0.690. The van der Waals surface area contributed by atoms with Gasteiger partial charge in [0.25, 0.3) is 0 Å². The third kappa shape index (κ3) is 1.10. The average Bonchev–Trinajstić information content (AvgIpc) is 1.98. The molecule has 0 aromatic rings. The van der Waals surface area contributed by atoms with Gasteiger partial charge in [-0.15, -0.1) is 0 Å². The highest BCUT2D eigenvalue weighted by atomic mass is 16.3. The Balaban J connectivity index is 2.75. The number of hydrogen-bond acceptors (Lipinski definition) is 1. The molecule has 0 radical (unpaired) electrons. The minimum absolute atomic E-state index is 0.0440. The Kier molecular flexibility index (Phi) is 2.53. The minimum Gasteiger partial charge on any atom is -0.393 e.